The maximum Gasteiger partial charge on any atom is 0.232 e. The topological polar surface area (TPSA) is 67.8 Å². The zero-order chi connectivity index (χ0) is 18.6. The number of aryl methyl sites for hydroxylation is 1. The summed E-state index contributed by atoms with van der Waals surface area (Å²) in [6.45, 7) is 2.05. The fourth-order valence-corrected chi connectivity index (χ4v) is 4.07. The van der Waals surface area contributed by atoms with E-state index in [1.807, 2.05) is 35.0 Å². The minimum absolute atomic E-state index is 0.122. The zero-order valence-electron chi connectivity index (χ0n) is 14.5. The highest BCUT2D eigenvalue weighted by Gasteiger charge is 2.12. The van der Waals surface area contributed by atoms with Crippen LogP contribution in [0.2, 0.25) is 0 Å². The molecule has 3 aromatic heterocycles. The average Bonchev–Trinajstić information content (AvgIpc) is 3.33. The molecule has 0 saturated carbocycles. The van der Waals surface area contributed by atoms with Gasteiger partial charge in [0.2, 0.25) is 5.91 Å². The van der Waals surface area contributed by atoms with Gasteiger partial charge in [0.05, 0.1) is 17.8 Å². The number of hydrogen-bond donors (Lipinski definition) is 1. The first-order chi connectivity index (χ1) is 13.2. The van der Waals surface area contributed by atoms with E-state index in [2.05, 4.69) is 39.3 Å². The molecule has 7 heteroatoms. The van der Waals surface area contributed by atoms with Gasteiger partial charge in [0.1, 0.15) is 5.01 Å². The number of carbonyl (C=O) groups excluding carboxylic acids is 1. The maximum absolute atomic E-state index is 12.3. The molecule has 5 nitrogen and oxygen atoms in total. The Morgan fingerprint density at radius 3 is 2.67 bits per heavy atom. The zero-order valence-corrected chi connectivity index (χ0v) is 16.2. The molecule has 27 heavy (non-hydrogen) atoms. The Kier molecular flexibility index (Phi) is 5.04. The molecule has 0 bridgehead atoms. The molecule has 134 valence electrons. The van der Waals surface area contributed by atoms with Crippen molar-refractivity contribution >= 4 is 33.7 Å². The minimum atomic E-state index is -0.122. The SMILES string of the molecule is Cc1ccc(-c2csc(NC(=O)Cc3csc(-c4cccnc4)n3)n2)cc1. The van der Waals surface area contributed by atoms with Crippen molar-refractivity contribution in [1.82, 2.24) is 15.0 Å². The minimum Gasteiger partial charge on any atom is -0.302 e. The lowest BCUT2D eigenvalue weighted by molar-refractivity contribution is -0.115. The van der Waals surface area contributed by atoms with Gasteiger partial charge in [0.15, 0.2) is 5.13 Å². The van der Waals surface area contributed by atoms with Crippen LogP contribution in [0.5, 0.6) is 0 Å². The van der Waals surface area contributed by atoms with Crippen LogP contribution in [0.15, 0.2) is 59.6 Å². The molecule has 0 unspecified atom stereocenters. The predicted octanol–water partition coefficient (Wildman–Crippen LogP) is 4.82. The average molecular weight is 393 g/mol. The van der Waals surface area contributed by atoms with E-state index in [0.717, 1.165) is 27.5 Å². The van der Waals surface area contributed by atoms with Gasteiger partial charge in [-0.25, -0.2) is 9.97 Å². The van der Waals surface area contributed by atoms with E-state index in [1.54, 1.807) is 12.4 Å². The van der Waals surface area contributed by atoms with Gasteiger partial charge in [0.25, 0.3) is 0 Å². The second-order valence-electron chi connectivity index (χ2n) is 6.01. The number of amides is 1. The third kappa shape index (κ3) is 4.27. The van der Waals surface area contributed by atoms with E-state index in [0.29, 0.717) is 5.13 Å². The second kappa shape index (κ2) is 7.77. The summed E-state index contributed by atoms with van der Waals surface area (Å²) in [4.78, 5) is 25.5. The summed E-state index contributed by atoms with van der Waals surface area (Å²) in [5.74, 6) is -0.122. The molecule has 1 amide bonds. The molecule has 0 saturated heterocycles. The van der Waals surface area contributed by atoms with Crippen molar-refractivity contribution in [2.24, 2.45) is 0 Å². The number of nitrogens with zero attached hydrogens (tertiary/aromatic N) is 3. The molecule has 3 heterocycles. The third-order valence-corrected chi connectivity index (χ3v) is 5.60. The Hall–Kier alpha value is -2.90. The van der Waals surface area contributed by atoms with Crippen LogP contribution in [0.25, 0.3) is 21.8 Å². The molecule has 0 spiro atoms. The number of pyridine rings is 1. The molecule has 0 aliphatic heterocycles. The van der Waals surface area contributed by atoms with Crippen LogP contribution in [0, 0.1) is 6.92 Å². The van der Waals surface area contributed by atoms with Gasteiger partial charge in [-0.3, -0.25) is 9.78 Å². The van der Waals surface area contributed by atoms with Crippen molar-refractivity contribution in [3.8, 4) is 21.8 Å². The smallest absolute Gasteiger partial charge is 0.232 e. The second-order valence-corrected chi connectivity index (χ2v) is 7.73. The van der Waals surface area contributed by atoms with Crippen LogP contribution >= 0.6 is 22.7 Å². The third-order valence-electron chi connectivity index (χ3n) is 3.90. The molecule has 0 aliphatic rings. The fourth-order valence-electron chi connectivity index (χ4n) is 2.53. The number of thiazole rings is 2. The number of rotatable bonds is 5. The molecule has 4 aromatic rings. The van der Waals surface area contributed by atoms with Crippen molar-refractivity contribution in [3.63, 3.8) is 0 Å². The van der Waals surface area contributed by atoms with E-state index in [4.69, 9.17) is 0 Å². The van der Waals surface area contributed by atoms with E-state index in [-0.39, 0.29) is 12.3 Å². The summed E-state index contributed by atoms with van der Waals surface area (Å²) >= 11 is 2.93. The van der Waals surface area contributed by atoms with Gasteiger partial charge < -0.3 is 5.32 Å². The van der Waals surface area contributed by atoms with Crippen LogP contribution in [-0.2, 0) is 11.2 Å². The fraction of sp³-hybridized carbons (Fsp3) is 0.100. The van der Waals surface area contributed by atoms with Crippen molar-refractivity contribution in [3.05, 3.63) is 70.8 Å². The molecule has 0 fully saturated rings. The van der Waals surface area contributed by atoms with Gasteiger partial charge in [-0.1, -0.05) is 29.8 Å². The number of carbonyl (C=O) groups is 1. The largest absolute Gasteiger partial charge is 0.302 e. The number of aromatic nitrogens is 3. The number of anilines is 1. The first-order valence-electron chi connectivity index (χ1n) is 8.34. The normalized spacial score (nSPS) is 10.7. The first kappa shape index (κ1) is 17.5. The summed E-state index contributed by atoms with van der Waals surface area (Å²) in [5, 5.41) is 8.17. The molecule has 1 N–H and O–H groups in total. The molecule has 1 aromatic carbocycles. The highest BCUT2D eigenvalue weighted by molar-refractivity contribution is 7.14. The molecule has 0 atom stereocenters. The summed E-state index contributed by atoms with van der Waals surface area (Å²) in [6, 6.07) is 12.0. The highest BCUT2D eigenvalue weighted by atomic mass is 32.1. The van der Waals surface area contributed by atoms with Gasteiger partial charge in [0, 0.05) is 34.3 Å². The van der Waals surface area contributed by atoms with E-state index in [1.165, 1.54) is 28.2 Å². The Balaban J connectivity index is 1.40. The number of nitrogens with one attached hydrogen (secondary N) is 1. The first-order valence-corrected chi connectivity index (χ1v) is 10.1. The van der Waals surface area contributed by atoms with Gasteiger partial charge in [-0.15, -0.1) is 22.7 Å². The highest BCUT2D eigenvalue weighted by Crippen LogP contribution is 2.26. The van der Waals surface area contributed by atoms with E-state index >= 15 is 0 Å². The Bertz CT molecular complexity index is 1060. The van der Waals surface area contributed by atoms with Gasteiger partial charge in [-0.2, -0.15) is 0 Å². The Morgan fingerprint density at radius 2 is 1.89 bits per heavy atom. The molecular weight excluding hydrogens is 376 g/mol. The van der Waals surface area contributed by atoms with E-state index in [9.17, 15) is 4.79 Å². The molecular formula is C20H16N4OS2. The monoisotopic (exact) mass is 392 g/mol. The lowest BCUT2D eigenvalue weighted by atomic mass is 10.1. The number of hydrogen-bond acceptors (Lipinski definition) is 6. The van der Waals surface area contributed by atoms with Crippen molar-refractivity contribution in [1.29, 1.82) is 0 Å². The molecule has 0 aliphatic carbocycles. The van der Waals surface area contributed by atoms with Crippen molar-refractivity contribution in [2.45, 2.75) is 13.3 Å². The van der Waals surface area contributed by atoms with Gasteiger partial charge >= 0.3 is 0 Å². The van der Waals surface area contributed by atoms with Crippen LogP contribution in [0.4, 0.5) is 5.13 Å². The van der Waals surface area contributed by atoms with Crippen LogP contribution in [0.1, 0.15) is 11.3 Å². The van der Waals surface area contributed by atoms with Crippen LogP contribution in [0.3, 0.4) is 0 Å². The van der Waals surface area contributed by atoms with Crippen molar-refractivity contribution < 1.29 is 4.79 Å². The summed E-state index contributed by atoms with van der Waals surface area (Å²) in [7, 11) is 0. The lowest BCUT2D eigenvalue weighted by Gasteiger charge is -2.00. The maximum atomic E-state index is 12.3. The van der Waals surface area contributed by atoms with Crippen molar-refractivity contribution in [2.75, 3.05) is 5.32 Å². The van der Waals surface area contributed by atoms with Crippen LogP contribution < -0.4 is 5.32 Å². The Morgan fingerprint density at radius 1 is 1.04 bits per heavy atom. The standard InChI is InChI=1S/C20H16N4OS2/c1-13-4-6-14(7-5-13)17-12-27-20(23-17)24-18(25)9-16-11-26-19(22-16)15-3-2-8-21-10-15/h2-8,10-12H,9H2,1H3,(H,23,24,25). The quantitative estimate of drug-likeness (QED) is 0.529. The predicted molar refractivity (Wildman–Crippen MR) is 110 cm³/mol. The lowest BCUT2D eigenvalue weighted by Crippen LogP contribution is -2.14. The van der Waals surface area contributed by atoms with Crippen LogP contribution in [-0.4, -0.2) is 20.9 Å². The summed E-state index contributed by atoms with van der Waals surface area (Å²) in [5.41, 5.74) is 4.81. The number of benzene rings is 1. The molecule has 0 radical (unpaired) electrons. The van der Waals surface area contributed by atoms with Gasteiger partial charge in [-0.05, 0) is 19.1 Å². The molecule has 4 rings (SSSR count). The van der Waals surface area contributed by atoms with E-state index < -0.39 is 0 Å². The summed E-state index contributed by atoms with van der Waals surface area (Å²) < 4.78 is 0. The summed E-state index contributed by atoms with van der Waals surface area (Å²) in [6.07, 6.45) is 3.71. The Labute approximate surface area is 164 Å².